The third-order valence-corrected chi connectivity index (χ3v) is 2.36. The smallest absolute Gasteiger partial charge is 0.130 e. The predicted molar refractivity (Wildman–Crippen MR) is 60.4 cm³/mol. The average Bonchev–Trinajstić information content (AvgIpc) is 2.63. The van der Waals surface area contributed by atoms with Gasteiger partial charge in [0.25, 0.3) is 0 Å². The van der Waals surface area contributed by atoms with Crippen LogP contribution < -0.4 is 5.73 Å². The van der Waals surface area contributed by atoms with Crippen LogP contribution in [0.3, 0.4) is 0 Å². The summed E-state index contributed by atoms with van der Waals surface area (Å²) < 4.78 is 1.57. The minimum atomic E-state index is 0.0471. The van der Waals surface area contributed by atoms with Gasteiger partial charge in [-0.2, -0.15) is 5.10 Å². The van der Waals surface area contributed by atoms with E-state index in [0.717, 1.165) is 11.3 Å². The third kappa shape index (κ3) is 1.85. The van der Waals surface area contributed by atoms with E-state index in [4.69, 9.17) is 15.9 Å². The van der Waals surface area contributed by atoms with E-state index in [1.807, 2.05) is 0 Å². The van der Waals surface area contributed by atoms with E-state index in [1.165, 1.54) is 0 Å². The van der Waals surface area contributed by atoms with E-state index in [-0.39, 0.29) is 12.4 Å². The van der Waals surface area contributed by atoms with Crippen molar-refractivity contribution in [2.45, 2.75) is 6.42 Å². The molecule has 1 aromatic heterocycles. The number of aromatic nitrogens is 2. The first-order chi connectivity index (χ1) is 7.72. The maximum Gasteiger partial charge on any atom is 0.130 e. The molecule has 0 bridgehead atoms. The fraction of sp³-hybridized carbons (Fsp3) is 0.182. The second-order valence-corrected chi connectivity index (χ2v) is 3.46. The van der Waals surface area contributed by atoms with Crippen molar-refractivity contribution in [2.75, 3.05) is 12.3 Å². The molecular weight excluding hydrogens is 206 g/mol. The summed E-state index contributed by atoms with van der Waals surface area (Å²) in [4.78, 5) is 0. The van der Waals surface area contributed by atoms with Crippen molar-refractivity contribution in [1.29, 1.82) is 0 Å². The van der Waals surface area contributed by atoms with Crippen molar-refractivity contribution in [1.82, 2.24) is 9.78 Å². The lowest BCUT2D eigenvalue weighted by molar-refractivity contribution is 0.300. The fourth-order valence-corrected chi connectivity index (χ4v) is 1.50. The summed E-state index contributed by atoms with van der Waals surface area (Å²) in [6.07, 6.45) is 2.13. The Morgan fingerprint density at radius 2 is 1.94 bits per heavy atom. The molecule has 0 aliphatic carbocycles. The summed E-state index contributed by atoms with van der Waals surface area (Å²) >= 11 is 0. The Balaban J connectivity index is 2.37. The molecule has 0 unspecified atom stereocenters. The van der Waals surface area contributed by atoms with Crippen molar-refractivity contribution < 1.29 is 10.2 Å². The molecule has 2 aromatic rings. The number of anilines is 1. The highest BCUT2D eigenvalue weighted by atomic mass is 16.3. The number of rotatable bonds is 3. The van der Waals surface area contributed by atoms with Gasteiger partial charge in [0.2, 0.25) is 0 Å². The van der Waals surface area contributed by atoms with E-state index < -0.39 is 0 Å². The molecule has 0 atom stereocenters. The van der Waals surface area contributed by atoms with Gasteiger partial charge >= 0.3 is 0 Å². The molecule has 0 radical (unpaired) electrons. The van der Waals surface area contributed by atoms with Gasteiger partial charge in [-0.3, -0.25) is 0 Å². The molecule has 16 heavy (non-hydrogen) atoms. The molecular formula is C11H13N3O2. The first-order valence-electron chi connectivity index (χ1n) is 4.95. The number of aliphatic hydroxyl groups excluding tert-OH is 1. The summed E-state index contributed by atoms with van der Waals surface area (Å²) in [6, 6.07) is 6.59. The summed E-state index contributed by atoms with van der Waals surface area (Å²) in [7, 11) is 0. The molecule has 84 valence electrons. The zero-order valence-corrected chi connectivity index (χ0v) is 8.67. The Kier molecular flexibility index (Phi) is 2.78. The summed E-state index contributed by atoms with van der Waals surface area (Å²) in [5.41, 5.74) is 7.48. The second kappa shape index (κ2) is 4.24. The number of hydrogen-bond donors (Lipinski definition) is 3. The molecule has 5 heteroatoms. The van der Waals surface area contributed by atoms with Crippen LogP contribution in [0.15, 0.2) is 30.5 Å². The zero-order valence-electron chi connectivity index (χ0n) is 8.67. The Morgan fingerprint density at radius 3 is 2.56 bits per heavy atom. The number of aromatic hydroxyl groups is 1. The van der Waals surface area contributed by atoms with Crippen LogP contribution in [0.4, 0.5) is 5.82 Å². The molecule has 4 N–H and O–H groups in total. The summed E-state index contributed by atoms with van der Waals surface area (Å²) in [5, 5.41) is 22.1. The van der Waals surface area contributed by atoms with Crippen LogP contribution in [0.25, 0.3) is 5.69 Å². The minimum Gasteiger partial charge on any atom is -0.508 e. The number of phenolic OH excluding ortho intramolecular Hbond substituents is 1. The predicted octanol–water partition coefficient (Wildman–Crippen LogP) is 0.695. The van der Waals surface area contributed by atoms with Gasteiger partial charge in [-0.1, -0.05) is 0 Å². The zero-order chi connectivity index (χ0) is 11.5. The molecule has 2 rings (SSSR count). The van der Waals surface area contributed by atoms with Crippen LogP contribution in [0.5, 0.6) is 5.75 Å². The number of nitrogen functional groups attached to an aromatic ring is 1. The third-order valence-electron chi connectivity index (χ3n) is 2.36. The van der Waals surface area contributed by atoms with Crippen LogP contribution in [-0.4, -0.2) is 26.6 Å². The first kappa shape index (κ1) is 10.5. The number of benzene rings is 1. The van der Waals surface area contributed by atoms with Gasteiger partial charge < -0.3 is 15.9 Å². The number of phenols is 1. The molecule has 0 spiro atoms. The van der Waals surface area contributed by atoms with Crippen molar-refractivity contribution in [3.8, 4) is 11.4 Å². The maximum atomic E-state index is 9.17. The Labute approximate surface area is 92.8 Å². The lowest BCUT2D eigenvalue weighted by Crippen LogP contribution is -2.03. The molecule has 0 fully saturated rings. The Bertz CT molecular complexity index is 476. The SMILES string of the molecule is Nc1c(CCO)cnn1-c1ccc(O)cc1. The monoisotopic (exact) mass is 219 g/mol. The number of nitrogens with zero attached hydrogens (tertiary/aromatic N) is 2. The quantitative estimate of drug-likeness (QED) is 0.709. The molecule has 1 aromatic carbocycles. The van der Waals surface area contributed by atoms with E-state index in [9.17, 15) is 0 Å². The molecule has 0 aliphatic heterocycles. The highest BCUT2D eigenvalue weighted by Crippen LogP contribution is 2.19. The van der Waals surface area contributed by atoms with E-state index in [1.54, 1.807) is 35.1 Å². The number of aliphatic hydroxyl groups is 1. The molecule has 1 heterocycles. The van der Waals surface area contributed by atoms with Crippen LogP contribution in [0.2, 0.25) is 0 Å². The largest absolute Gasteiger partial charge is 0.508 e. The summed E-state index contributed by atoms with van der Waals surface area (Å²) in [5.74, 6) is 0.713. The molecule has 0 amide bonds. The van der Waals surface area contributed by atoms with Crippen LogP contribution in [0, 0.1) is 0 Å². The average molecular weight is 219 g/mol. The standard InChI is InChI=1S/C11H13N3O2/c12-11-8(5-6-15)7-13-14(11)9-1-3-10(16)4-2-9/h1-4,7,15-16H,5-6,12H2. The van der Waals surface area contributed by atoms with E-state index in [0.29, 0.717) is 12.2 Å². The maximum absolute atomic E-state index is 9.17. The Hall–Kier alpha value is -2.01. The van der Waals surface area contributed by atoms with Gasteiger partial charge in [0.1, 0.15) is 11.6 Å². The number of hydrogen-bond acceptors (Lipinski definition) is 4. The van der Waals surface area contributed by atoms with Gasteiger partial charge in [0, 0.05) is 18.6 Å². The van der Waals surface area contributed by atoms with E-state index in [2.05, 4.69) is 5.10 Å². The highest BCUT2D eigenvalue weighted by molar-refractivity contribution is 5.48. The van der Waals surface area contributed by atoms with Crippen LogP contribution in [0.1, 0.15) is 5.56 Å². The van der Waals surface area contributed by atoms with Crippen molar-refractivity contribution in [3.05, 3.63) is 36.0 Å². The second-order valence-electron chi connectivity index (χ2n) is 3.46. The summed E-state index contributed by atoms with van der Waals surface area (Å²) in [6.45, 7) is 0.0471. The van der Waals surface area contributed by atoms with Gasteiger partial charge in [-0.15, -0.1) is 0 Å². The van der Waals surface area contributed by atoms with Crippen molar-refractivity contribution in [2.24, 2.45) is 0 Å². The van der Waals surface area contributed by atoms with Crippen LogP contribution in [-0.2, 0) is 6.42 Å². The Morgan fingerprint density at radius 1 is 1.25 bits per heavy atom. The molecule has 0 saturated heterocycles. The molecule has 0 aliphatic rings. The van der Waals surface area contributed by atoms with Gasteiger partial charge in [0.05, 0.1) is 11.9 Å². The normalized spacial score (nSPS) is 10.6. The van der Waals surface area contributed by atoms with E-state index >= 15 is 0 Å². The topological polar surface area (TPSA) is 84.3 Å². The molecule has 5 nitrogen and oxygen atoms in total. The van der Waals surface area contributed by atoms with Gasteiger partial charge in [0.15, 0.2) is 0 Å². The minimum absolute atomic E-state index is 0.0471. The van der Waals surface area contributed by atoms with Crippen molar-refractivity contribution >= 4 is 5.82 Å². The van der Waals surface area contributed by atoms with Gasteiger partial charge in [-0.05, 0) is 24.3 Å². The first-order valence-corrected chi connectivity index (χ1v) is 4.95. The lowest BCUT2D eigenvalue weighted by atomic mass is 10.2. The highest BCUT2D eigenvalue weighted by Gasteiger charge is 2.08. The fourth-order valence-electron chi connectivity index (χ4n) is 1.50. The molecule has 0 saturated carbocycles. The lowest BCUT2D eigenvalue weighted by Gasteiger charge is -2.04. The van der Waals surface area contributed by atoms with Crippen LogP contribution >= 0.6 is 0 Å². The number of nitrogens with two attached hydrogens (primary N) is 1. The van der Waals surface area contributed by atoms with Gasteiger partial charge in [-0.25, -0.2) is 4.68 Å². The van der Waals surface area contributed by atoms with Crippen molar-refractivity contribution in [3.63, 3.8) is 0 Å².